The molecule has 22 heavy (non-hydrogen) atoms. The fourth-order valence-electron chi connectivity index (χ4n) is 3.86. The molecule has 1 aliphatic carbocycles. The molecule has 6 heteroatoms. The molecule has 2 aliphatic heterocycles. The van der Waals surface area contributed by atoms with E-state index in [9.17, 15) is 14.7 Å². The molecular formula is C16H12O6. The highest BCUT2D eigenvalue weighted by Crippen LogP contribution is 2.50. The number of ether oxygens (including phenoxy) is 2. The van der Waals surface area contributed by atoms with Crippen molar-refractivity contribution in [3.63, 3.8) is 0 Å². The fraction of sp³-hybridized carbons (Fsp3) is 0.375. The van der Waals surface area contributed by atoms with Crippen molar-refractivity contribution in [2.24, 2.45) is 0 Å². The molecule has 0 spiro atoms. The molecule has 1 fully saturated rings. The van der Waals surface area contributed by atoms with E-state index < -0.39 is 5.63 Å². The lowest BCUT2D eigenvalue weighted by Crippen LogP contribution is -2.14. The molecule has 0 amide bonds. The molecular weight excluding hydrogens is 288 g/mol. The maximum Gasteiger partial charge on any atom is 0.347 e. The summed E-state index contributed by atoms with van der Waals surface area (Å²) in [5.41, 5.74) is 1.17. The van der Waals surface area contributed by atoms with Crippen molar-refractivity contribution >= 4 is 16.8 Å². The Labute approximate surface area is 124 Å². The molecule has 0 radical (unpaired) electrons. The molecule has 5 rings (SSSR count). The topological polar surface area (TPSA) is 86.0 Å². The van der Waals surface area contributed by atoms with Gasteiger partial charge in [0.15, 0.2) is 5.78 Å². The van der Waals surface area contributed by atoms with E-state index in [1.807, 2.05) is 0 Å². The summed E-state index contributed by atoms with van der Waals surface area (Å²) in [6.45, 7) is 0.588. The monoisotopic (exact) mass is 300 g/mol. The standard InChI is InChI=1S/C16H12O6/c17-8-2-1-6-11-9(18)5-10-13(7-3-4-20-16(7)21-10)14(11)22-15(19)12(6)8/h5,7,16,18H,1-4H2/t7-,16+/m1/s1. The van der Waals surface area contributed by atoms with Crippen LogP contribution in [0.3, 0.4) is 0 Å². The third-order valence-electron chi connectivity index (χ3n) is 4.80. The first kappa shape index (κ1) is 12.2. The minimum absolute atomic E-state index is 0.00333. The number of fused-ring (bicyclic) bond motifs is 7. The molecule has 112 valence electrons. The molecule has 0 saturated carbocycles. The zero-order chi connectivity index (χ0) is 15.0. The van der Waals surface area contributed by atoms with Crippen LogP contribution in [0.5, 0.6) is 11.5 Å². The van der Waals surface area contributed by atoms with Crippen LogP contribution in [0, 0.1) is 0 Å². The summed E-state index contributed by atoms with van der Waals surface area (Å²) in [7, 11) is 0. The Hall–Kier alpha value is -2.34. The average molecular weight is 300 g/mol. The van der Waals surface area contributed by atoms with Crippen LogP contribution in [0.4, 0.5) is 0 Å². The highest BCUT2D eigenvalue weighted by molar-refractivity contribution is 6.06. The van der Waals surface area contributed by atoms with E-state index in [0.717, 1.165) is 12.0 Å². The van der Waals surface area contributed by atoms with Gasteiger partial charge >= 0.3 is 5.63 Å². The molecule has 0 bridgehead atoms. The van der Waals surface area contributed by atoms with Crippen LogP contribution in [-0.2, 0) is 11.2 Å². The van der Waals surface area contributed by atoms with E-state index in [4.69, 9.17) is 13.9 Å². The Kier molecular flexibility index (Phi) is 2.16. The van der Waals surface area contributed by atoms with Crippen molar-refractivity contribution in [3.8, 4) is 11.5 Å². The Morgan fingerprint density at radius 3 is 2.95 bits per heavy atom. The van der Waals surface area contributed by atoms with E-state index in [-0.39, 0.29) is 35.7 Å². The van der Waals surface area contributed by atoms with Gasteiger partial charge in [-0.25, -0.2) is 4.79 Å². The largest absolute Gasteiger partial charge is 0.507 e. The Morgan fingerprint density at radius 1 is 1.23 bits per heavy atom. The molecule has 3 aliphatic rings. The zero-order valence-electron chi connectivity index (χ0n) is 11.5. The molecule has 6 nitrogen and oxygen atoms in total. The highest BCUT2D eigenvalue weighted by atomic mass is 16.7. The van der Waals surface area contributed by atoms with Gasteiger partial charge in [-0.3, -0.25) is 4.79 Å². The summed E-state index contributed by atoms with van der Waals surface area (Å²) in [4.78, 5) is 24.1. The van der Waals surface area contributed by atoms with Gasteiger partial charge in [0.1, 0.15) is 22.6 Å². The van der Waals surface area contributed by atoms with Crippen molar-refractivity contribution in [2.45, 2.75) is 31.5 Å². The number of aromatic hydroxyl groups is 1. The lowest BCUT2D eigenvalue weighted by molar-refractivity contribution is -0.0337. The summed E-state index contributed by atoms with van der Waals surface area (Å²) in [5.74, 6) is 0.246. The molecule has 1 aromatic heterocycles. The van der Waals surface area contributed by atoms with Gasteiger partial charge < -0.3 is 19.0 Å². The number of aryl methyl sites for hydroxylation is 1. The number of ketones is 1. The van der Waals surface area contributed by atoms with Gasteiger partial charge in [-0.05, 0) is 18.4 Å². The predicted molar refractivity (Wildman–Crippen MR) is 74.5 cm³/mol. The van der Waals surface area contributed by atoms with Gasteiger partial charge in [-0.15, -0.1) is 0 Å². The second-order valence-corrected chi connectivity index (χ2v) is 5.93. The van der Waals surface area contributed by atoms with Crippen LogP contribution < -0.4 is 10.4 Å². The number of carbonyl (C=O) groups is 1. The number of benzene rings is 1. The number of carbonyl (C=O) groups excluding carboxylic acids is 1. The minimum Gasteiger partial charge on any atom is -0.507 e. The molecule has 3 heterocycles. The second-order valence-electron chi connectivity index (χ2n) is 5.93. The normalized spacial score (nSPS) is 25.2. The van der Waals surface area contributed by atoms with Crippen molar-refractivity contribution in [3.05, 3.63) is 33.2 Å². The van der Waals surface area contributed by atoms with Crippen molar-refractivity contribution in [2.75, 3.05) is 6.61 Å². The number of hydrogen-bond acceptors (Lipinski definition) is 6. The van der Waals surface area contributed by atoms with Crippen LogP contribution in [-0.4, -0.2) is 23.8 Å². The van der Waals surface area contributed by atoms with Gasteiger partial charge in [-0.2, -0.15) is 0 Å². The number of hydrogen-bond donors (Lipinski definition) is 1. The summed E-state index contributed by atoms with van der Waals surface area (Å²) >= 11 is 0. The number of rotatable bonds is 0. The summed E-state index contributed by atoms with van der Waals surface area (Å²) in [6, 6.07) is 1.53. The Bertz CT molecular complexity index is 909. The molecule has 1 aromatic carbocycles. The SMILES string of the molecule is O=C1CCc2c1c(=O)oc1c3c(cc(O)c21)O[C@@H]1OCC[C@H]31. The third-order valence-corrected chi connectivity index (χ3v) is 4.80. The smallest absolute Gasteiger partial charge is 0.347 e. The summed E-state index contributed by atoms with van der Waals surface area (Å²) in [6.07, 6.45) is 1.12. The van der Waals surface area contributed by atoms with Crippen LogP contribution in [0.1, 0.15) is 40.2 Å². The van der Waals surface area contributed by atoms with E-state index in [2.05, 4.69) is 0 Å². The quantitative estimate of drug-likeness (QED) is 0.747. The van der Waals surface area contributed by atoms with Gasteiger partial charge in [0.2, 0.25) is 6.29 Å². The lowest BCUT2D eigenvalue weighted by atomic mass is 9.94. The molecule has 2 aromatic rings. The van der Waals surface area contributed by atoms with Crippen molar-refractivity contribution in [1.29, 1.82) is 0 Å². The lowest BCUT2D eigenvalue weighted by Gasteiger charge is -2.10. The average Bonchev–Trinajstić information content (AvgIpc) is 3.13. The zero-order valence-corrected chi connectivity index (χ0v) is 11.5. The van der Waals surface area contributed by atoms with Gasteiger partial charge in [0.25, 0.3) is 0 Å². The molecule has 0 unspecified atom stereocenters. The van der Waals surface area contributed by atoms with Crippen LogP contribution >= 0.6 is 0 Å². The van der Waals surface area contributed by atoms with Gasteiger partial charge in [0.05, 0.1) is 17.9 Å². The third kappa shape index (κ3) is 1.33. The fourth-order valence-corrected chi connectivity index (χ4v) is 3.86. The van der Waals surface area contributed by atoms with E-state index in [1.165, 1.54) is 6.07 Å². The van der Waals surface area contributed by atoms with Crippen molar-refractivity contribution in [1.82, 2.24) is 0 Å². The van der Waals surface area contributed by atoms with Crippen molar-refractivity contribution < 1.29 is 23.8 Å². The first-order chi connectivity index (χ1) is 10.6. The minimum atomic E-state index is -0.625. The van der Waals surface area contributed by atoms with Crippen LogP contribution in [0.15, 0.2) is 15.3 Å². The van der Waals surface area contributed by atoms with Gasteiger partial charge in [0, 0.05) is 18.1 Å². The highest BCUT2D eigenvalue weighted by Gasteiger charge is 2.43. The second kappa shape index (κ2) is 3.89. The first-order valence-corrected chi connectivity index (χ1v) is 7.32. The maximum absolute atomic E-state index is 12.2. The first-order valence-electron chi connectivity index (χ1n) is 7.32. The molecule has 1 N–H and O–H groups in total. The number of phenolic OH excluding ortho intramolecular Hbond substituents is 1. The number of phenols is 1. The Morgan fingerprint density at radius 2 is 2.09 bits per heavy atom. The molecule has 2 atom stereocenters. The Balaban J connectivity index is 1.92. The van der Waals surface area contributed by atoms with E-state index in [0.29, 0.717) is 35.3 Å². The summed E-state index contributed by atoms with van der Waals surface area (Å²) in [5, 5.41) is 10.8. The predicted octanol–water partition coefficient (Wildman–Crippen LogP) is 1.85. The number of Topliss-reactive ketones (excluding diaryl/α,β-unsaturated/α-hetero) is 1. The molecule has 1 saturated heterocycles. The maximum atomic E-state index is 12.2. The van der Waals surface area contributed by atoms with E-state index >= 15 is 0 Å². The van der Waals surface area contributed by atoms with Crippen LogP contribution in [0.2, 0.25) is 0 Å². The van der Waals surface area contributed by atoms with Crippen LogP contribution in [0.25, 0.3) is 11.0 Å². The van der Waals surface area contributed by atoms with Gasteiger partial charge in [-0.1, -0.05) is 0 Å². The summed E-state index contributed by atoms with van der Waals surface area (Å²) < 4.78 is 16.6. The van der Waals surface area contributed by atoms with E-state index in [1.54, 1.807) is 0 Å².